The van der Waals surface area contributed by atoms with Gasteiger partial charge < -0.3 is 29.1 Å². The minimum atomic E-state index is -6.16. The molecule has 0 aromatic carbocycles. The van der Waals surface area contributed by atoms with E-state index in [2.05, 4.69) is 28.9 Å². The van der Waals surface area contributed by atoms with E-state index in [1.165, 1.54) is 0 Å². The molecular formula is C17H14F12N2O10. The van der Waals surface area contributed by atoms with Crippen molar-refractivity contribution in [2.75, 3.05) is 13.7 Å². The number of halogens is 12. The zero-order chi connectivity index (χ0) is 32.6. The average Bonchev–Trinajstić information content (AvgIpc) is 2.78. The Hall–Kier alpha value is -4.02. The van der Waals surface area contributed by atoms with Crippen LogP contribution in [0.15, 0.2) is 5.16 Å². The molecule has 1 amide bonds. The maximum absolute atomic E-state index is 12.9. The first-order valence-electron chi connectivity index (χ1n) is 9.73. The maximum atomic E-state index is 12.9. The van der Waals surface area contributed by atoms with Crippen LogP contribution >= 0.6 is 0 Å². The lowest BCUT2D eigenvalue weighted by Gasteiger charge is -2.35. The lowest BCUT2D eigenvalue weighted by Crippen LogP contribution is -2.59. The average molecular weight is 634 g/mol. The predicted octanol–water partition coefficient (Wildman–Crippen LogP) is 1.65. The quantitative estimate of drug-likeness (QED) is 0.117. The number of nitrogens with one attached hydrogen (secondary N) is 1. The molecule has 12 nitrogen and oxygen atoms in total. The molecule has 4 unspecified atom stereocenters. The third-order valence-electron chi connectivity index (χ3n) is 3.79. The molecule has 0 spiro atoms. The minimum absolute atomic E-state index is 0.106. The lowest BCUT2D eigenvalue weighted by atomic mass is 10.0. The van der Waals surface area contributed by atoms with E-state index in [0.717, 1.165) is 0 Å². The number of hydrogen-bond donors (Lipinski definition) is 1. The van der Waals surface area contributed by atoms with Gasteiger partial charge in [-0.3, -0.25) is 4.79 Å². The van der Waals surface area contributed by atoms with E-state index in [1.54, 1.807) is 5.32 Å². The highest BCUT2D eigenvalue weighted by Crippen LogP contribution is 2.28. The molecule has 0 saturated heterocycles. The van der Waals surface area contributed by atoms with Crippen molar-refractivity contribution in [3.63, 3.8) is 0 Å². The van der Waals surface area contributed by atoms with Gasteiger partial charge in [-0.05, 0) is 0 Å². The van der Waals surface area contributed by atoms with Crippen LogP contribution in [0.25, 0.3) is 0 Å². The number of oxime groups is 1. The van der Waals surface area contributed by atoms with E-state index < -0.39 is 85.5 Å². The van der Waals surface area contributed by atoms with Gasteiger partial charge in [-0.2, -0.15) is 52.7 Å². The fourth-order valence-corrected chi connectivity index (χ4v) is 2.29. The molecule has 0 aliphatic rings. The van der Waals surface area contributed by atoms with Crippen molar-refractivity contribution in [2.24, 2.45) is 5.16 Å². The molecule has 0 aliphatic carbocycles. The Morgan fingerprint density at radius 3 is 1.44 bits per heavy atom. The van der Waals surface area contributed by atoms with E-state index in [4.69, 9.17) is 0 Å². The number of nitrogens with zero attached hydrogens (tertiary/aromatic N) is 1. The molecule has 0 radical (unpaired) electrons. The first-order valence-corrected chi connectivity index (χ1v) is 9.73. The highest BCUT2D eigenvalue weighted by molar-refractivity contribution is 5.81. The summed E-state index contributed by atoms with van der Waals surface area (Å²) in [5.74, 6) is -15.1. The maximum Gasteiger partial charge on any atom is 0.490 e. The van der Waals surface area contributed by atoms with E-state index in [-0.39, 0.29) is 6.21 Å². The van der Waals surface area contributed by atoms with Crippen LogP contribution in [0.2, 0.25) is 0 Å². The molecule has 24 heteroatoms. The van der Waals surface area contributed by atoms with E-state index in [9.17, 15) is 76.7 Å². The Balaban J connectivity index is 7.27. The number of carbonyl (C=O) groups is 5. The first-order chi connectivity index (χ1) is 18.3. The number of rotatable bonds is 11. The van der Waals surface area contributed by atoms with Crippen LogP contribution in [-0.4, -0.2) is 98.8 Å². The molecule has 236 valence electrons. The molecule has 0 bridgehead atoms. The first kappa shape index (κ1) is 37.0. The number of esters is 4. The zero-order valence-electron chi connectivity index (χ0n) is 19.7. The fourth-order valence-electron chi connectivity index (χ4n) is 2.29. The third-order valence-corrected chi connectivity index (χ3v) is 3.79. The van der Waals surface area contributed by atoms with Gasteiger partial charge in [0, 0.05) is 6.92 Å². The second kappa shape index (κ2) is 14.0. The number of hydrogen-bond acceptors (Lipinski definition) is 11. The van der Waals surface area contributed by atoms with E-state index >= 15 is 0 Å². The van der Waals surface area contributed by atoms with Gasteiger partial charge in [0.1, 0.15) is 19.8 Å². The third kappa shape index (κ3) is 12.8. The van der Waals surface area contributed by atoms with Crippen molar-refractivity contribution in [3.05, 3.63) is 0 Å². The Kier molecular flexibility index (Phi) is 12.7. The summed E-state index contributed by atoms with van der Waals surface area (Å²) in [6, 6.07) is -2.59. The van der Waals surface area contributed by atoms with Crippen LogP contribution in [0.3, 0.4) is 0 Å². The van der Waals surface area contributed by atoms with Crippen molar-refractivity contribution >= 4 is 36.0 Å². The molecular weight excluding hydrogens is 620 g/mol. The number of carbonyl (C=O) groups excluding carboxylic acids is 5. The van der Waals surface area contributed by atoms with Crippen LogP contribution in [0.1, 0.15) is 6.92 Å². The van der Waals surface area contributed by atoms with Crippen LogP contribution in [0.4, 0.5) is 52.7 Å². The molecule has 0 aliphatic heterocycles. The Morgan fingerprint density at radius 1 is 0.683 bits per heavy atom. The molecule has 1 N–H and O–H groups in total. The van der Waals surface area contributed by atoms with Crippen molar-refractivity contribution in [3.8, 4) is 0 Å². The Bertz CT molecular complexity index is 990. The van der Waals surface area contributed by atoms with E-state index in [0.29, 0.717) is 14.0 Å². The Labute approximate surface area is 217 Å². The fraction of sp³-hybridized carbons (Fsp3) is 0.647. The van der Waals surface area contributed by atoms with Crippen LogP contribution in [0.5, 0.6) is 0 Å². The van der Waals surface area contributed by atoms with Crippen molar-refractivity contribution in [1.82, 2.24) is 5.32 Å². The molecule has 0 aromatic rings. The number of amides is 1. The van der Waals surface area contributed by atoms with Crippen molar-refractivity contribution in [1.29, 1.82) is 0 Å². The Morgan fingerprint density at radius 2 is 1.07 bits per heavy atom. The number of ether oxygens (including phenoxy) is 4. The summed E-state index contributed by atoms with van der Waals surface area (Å²) in [6.07, 6.45) is -34.8. The lowest BCUT2D eigenvalue weighted by molar-refractivity contribution is -0.241. The van der Waals surface area contributed by atoms with Crippen molar-refractivity contribution < 1.29 is 100 Å². The summed E-state index contributed by atoms with van der Waals surface area (Å²) in [7, 11) is 0.712. The predicted molar refractivity (Wildman–Crippen MR) is 97.9 cm³/mol. The van der Waals surface area contributed by atoms with Crippen LogP contribution in [-0.2, 0) is 47.8 Å². The minimum Gasteiger partial charge on any atom is -0.455 e. The summed E-state index contributed by atoms with van der Waals surface area (Å²) in [6.45, 7) is -1.86. The van der Waals surface area contributed by atoms with Gasteiger partial charge in [-0.1, -0.05) is 5.16 Å². The van der Waals surface area contributed by atoms with Gasteiger partial charge in [0.25, 0.3) is 0 Å². The van der Waals surface area contributed by atoms with Crippen LogP contribution in [0, 0.1) is 0 Å². The molecule has 0 heterocycles. The topological polar surface area (TPSA) is 156 Å². The van der Waals surface area contributed by atoms with Crippen molar-refractivity contribution in [2.45, 2.75) is 56.0 Å². The largest absolute Gasteiger partial charge is 0.490 e. The second-order valence-corrected chi connectivity index (χ2v) is 6.94. The number of alkyl halides is 12. The highest BCUT2D eigenvalue weighted by Gasteiger charge is 2.54. The molecule has 0 aromatic heterocycles. The molecule has 4 atom stereocenters. The van der Waals surface area contributed by atoms with Gasteiger partial charge in [0.05, 0.1) is 6.21 Å². The van der Waals surface area contributed by atoms with Gasteiger partial charge in [0.15, 0.2) is 18.3 Å². The normalized spacial score (nSPS) is 15.7. The summed E-state index contributed by atoms with van der Waals surface area (Å²) in [5, 5.41) is 4.45. The monoisotopic (exact) mass is 634 g/mol. The van der Waals surface area contributed by atoms with Gasteiger partial charge in [-0.25, -0.2) is 19.2 Å². The summed E-state index contributed by atoms with van der Waals surface area (Å²) in [4.78, 5) is 61.0. The zero-order valence-corrected chi connectivity index (χ0v) is 19.7. The smallest absolute Gasteiger partial charge is 0.455 e. The summed E-state index contributed by atoms with van der Waals surface area (Å²) < 4.78 is 168. The van der Waals surface area contributed by atoms with Gasteiger partial charge in [0.2, 0.25) is 5.91 Å². The summed E-state index contributed by atoms with van der Waals surface area (Å²) in [5.41, 5.74) is 0. The molecule has 0 rings (SSSR count). The van der Waals surface area contributed by atoms with Gasteiger partial charge in [-0.15, -0.1) is 0 Å². The SMILES string of the molecule is CON=CC(NC(C)=O)C(OC(=O)C(F)(F)F)C(OC(=O)C(F)(F)F)C(COC(=O)C(F)(F)F)OC(=O)C(F)(F)F. The highest BCUT2D eigenvalue weighted by atomic mass is 19.4. The van der Waals surface area contributed by atoms with E-state index in [1.807, 2.05) is 0 Å². The van der Waals surface area contributed by atoms with Crippen LogP contribution < -0.4 is 5.32 Å². The second-order valence-electron chi connectivity index (χ2n) is 6.94. The molecule has 0 saturated carbocycles. The standard InChI is InChI=1S/C17H14F12N2O10/c1-5(32)31-6(3-30-37-2)8(40-12(35)16(24,25)26)9(41-13(36)17(27,28)29)7(39-11(34)15(21,22)23)4-38-10(33)14(18,19)20/h3,6-9H,4H2,1-2H3,(H,31,32). The summed E-state index contributed by atoms with van der Waals surface area (Å²) >= 11 is 0. The molecule has 0 fully saturated rings. The van der Waals surface area contributed by atoms with Gasteiger partial charge >= 0.3 is 48.6 Å². The molecule has 41 heavy (non-hydrogen) atoms.